The number of carbonyl (C=O) groups excluding carboxylic acids is 2. The number of ether oxygens (including phenoxy) is 2. The fourth-order valence-corrected chi connectivity index (χ4v) is 3.61. The molecular formula is C21H33N3O4. The lowest BCUT2D eigenvalue weighted by Gasteiger charge is -2.30. The summed E-state index contributed by atoms with van der Waals surface area (Å²) in [6, 6.07) is 7.25. The maximum atomic E-state index is 12.6. The van der Waals surface area contributed by atoms with Gasteiger partial charge in [-0.05, 0) is 37.5 Å². The Morgan fingerprint density at radius 1 is 1.14 bits per heavy atom. The topological polar surface area (TPSA) is 79.9 Å². The van der Waals surface area contributed by atoms with E-state index < -0.39 is 5.41 Å². The molecule has 0 spiro atoms. The summed E-state index contributed by atoms with van der Waals surface area (Å²) in [7, 11) is 3.54. The smallest absolute Gasteiger partial charge is 0.319 e. The molecule has 28 heavy (non-hydrogen) atoms. The van der Waals surface area contributed by atoms with Crippen LogP contribution in [-0.2, 0) is 20.9 Å². The van der Waals surface area contributed by atoms with E-state index in [1.165, 1.54) is 0 Å². The molecule has 0 aliphatic heterocycles. The molecule has 0 heterocycles. The molecule has 3 amide bonds. The van der Waals surface area contributed by atoms with Gasteiger partial charge in [-0.2, -0.15) is 0 Å². The van der Waals surface area contributed by atoms with Crippen molar-refractivity contribution in [1.82, 2.24) is 10.2 Å². The summed E-state index contributed by atoms with van der Waals surface area (Å²) in [6.07, 6.45) is 3.68. The van der Waals surface area contributed by atoms with Gasteiger partial charge in [0.15, 0.2) is 0 Å². The third kappa shape index (κ3) is 6.49. The maximum Gasteiger partial charge on any atom is 0.319 e. The van der Waals surface area contributed by atoms with Crippen LogP contribution in [-0.4, -0.2) is 57.3 Å². The maximum absolute atomic E-state index is 12.6. The van der Waals surface area contributed by atoms with Crippen molar-refractivity contribution in [1.29, 1.82) is 0 Å². The van der Waals surface area contributed by atoms with Crippen molar-refractivity contribution < 1.29 is 19.1 Å². The van der Waals surface area contributed by atoms with E-state index in [0.29, 0.717) is 38.7 Å². The lowest BCUT2D eigenvalue weighted by atomic mass is 9.84. The van der Waals surface area contributed by atoms with E-state index in [-0.39, 0.29) is 11.9 Å². The van der Waals surface area contributed by atoms with Gasteiger partial charge in [0.05, 0.1) is 25.2 Å². The van der Waals surface area contributed by atoms with Gasteiger partial charge in [0, 0.05) is 32.9 Å². The number of hydrogen-bond donors (Lipinski definition) is 2. The molecule has 156 valence electrons. The second-order valence-corrected chi connectivity index (χ2v) is 7.44. The van der Waals surface area contributed by atoms with Crippen LogP contribution < -0.4 is 10.6 Å². The summed E-state index contributed by atoms with van der Waals surface area (Å²) in [5, 5.41) is 5.74. The van der Waals surface area contributed by atoms with E-state index in [4.69, 9.17) is 9.47 Å². The van der Waals surface area contributed by atoms with Crippen molar-refractivity contribution in [2.45, 2.75) is 39.2 Å². The van der Waals surface area contributed by atoms with Crippen LogP contribution in [0, 0.1) is 5.41 Å². The van der Waals surface area contributed by atoms with Crippen molar-refractivity contribution >= 4 is 17.6 Å². The summed E-state index contributed by atoms with van der Waals surface area (Å²) in [5.74, 6) is 0.0940. The molecule has 0 radical (unpaired) electrons. The molecule has 0 saturated heterocycles. The summed E-state index contributed by atoms with van der Waals surface area (Å²) >= 11 is 0. The van der Waals surface area contributed by atoms with Gasteiger partial charge in [-0.1, -0.05) is 25.0 Å². The average Bonchev–Trinajstić information content (AvgIpc) is 3.16. The highest BCUT2D eigenvalue weighted by molar-refractivity contribution is 5.90. The van der Waals surface area contributed by atoms with Crippen LogP contribution >= 0.6 is 0 Å². The monoisotopic (exact) mass is 391 g/mol. The van der Waals surface area contributed by atoms with E-state index >= 15 is 0 Å². The molecule has 1 aromatic rings. The van der Waals surface area contributed by atoms with Gasteiger partial charge in [-0.25, -0.2) is 4.79 Å². The zero-order valence-corrected chi connectivity index (χ0v) is 17.3. The Morgan fingerprint density at radius 2 is 1.86 bits per heavy atom. The molecule has 2 N–H and O–H groups in total. The van der Waals surface area contributed by atoms with Gasteiger partial charge < -0.3 is 25.0 Å². The minimum absolute atomic E-state index is 0.0940. The molecule has 1 fully saturated rings. The largest absolute Gasteiger partial charge is 0.379 e. The van der Waals surface area contributed by atoms with Gasteiger partial charge in [0.25, 0.3) is 0 Å². The quantitative estimate of drug-likeness (QED) is 0.601. The first kappa shape index (κ1) is 22.2. The first-order chi connectivity index (χ1) is 13.5. The number of nitrogens with zero attached hydrogens (tertiary/aromatic N) is 1. The minimum Gasteiger partial charge on any atom is -0.379 e. The highest BCUT2D eigenvalue weighted by atomic mass is 16.5. The van der Waals surface area contributed by atoms with Crippen LogP contribution in [0.4, 0.5) is 10.5 Å². The van der Waals surface area contributed by atoms with Crippen molar-refractivity contribution in [3.63, 3.8) is 0 Å². The Morgan fingerprint density at radius 3 is 2.54 bits per heavy atom. The second-order valence-electron chi connectivity index (χ2n) is 7.44. The Bertz CT molecular complexity index is 642. The van der Waals surface area contributed by atoms with Gasteiger partial charge in [0.1, 0.15) is 0 Å². The number of carbonyl (C=O) groups is 2. The number of nitrogens with one attached hydrogen (secondary N) is 2. The lowest BCUT2D eigenvalue weighted by Crippen LogP contribution is -2.47. The Kier molecular flexibility index (Phi) is 8.73. The van der Waals surface area contributed by atoms with Gasteiger partial charge in [-0.15, -0.1) is 0 Å². The van der Waals surface area contributed by atoms with Crippen LogP contribution in [0.1, 0.15) is 38.2 Å². The number of benzene rings is 1. The molecule has 2 rings (SSSR count). The highest BCUT2D eigenvalue weighted by Gasteiger charge is 2.42. The SMILES string of the molecule is CCOCCOCc1cccc(NC(=O)NCC2(C(=O)N(C)C)CCCC2)c1. The predicted molar refractivity (Wildman–Crippen MR) is 109 cm³/mol. The van der Waals surface area contributed by atoms with Crippen molar-refractivity contribution in [2.75, 3.05) is 45.8 Å². The predicted octanol–water partition coefficient (Wildman–Crippen LogP) is 3.01. The van der Waals surface area contributed by atoms with E-state index in [2.05, 4.69) is 10.6 Å². The third-order valence-electron chi connectivity index (χ3n) is 5.04. The van der Waals surface area contributed by atoms with Gasteiger partial charge in [-0.3, -0.25) is 4.79 Å². The van der Waals surface area contributed by atoms with Crippen LogP contribution in [0.15, 0.2) is 24.3 Å². The number of hydrogen-bond acceptors (Lipinski definition) is 4. The van der Waals surface area contributed by atoms with E-state index in [1.54, 1.807) is 19.0 Å². The Labute approximate surface area is 167 Å². The van der Waals surface area contributed by atoms with Gasteiger partial charge >= 0.3 is 6.03 Å². The molecule has 7 nitrogen and oxygen atoms in total. The molecule has 0 unspecified atom stereocenters. The first-order valence-corrected chi connectivity index (χ1v) is 9.98. The summed E-state index contributed by atoms with van der Waals surface area (Å²) < 4.78 is 10.8. The summed E-state index contributed by atoms with van der Waals surface area (Å²) in [5.41, 5.74) is 1.20. The molecule has 7 heteroatoms. The Hall–Kier alpha value is -2.12. The van der Waals surface area contributed by atoms with Crippen LogP contribution in [0.5, 0.6) is 0 Å². The number of amides is 3. The number of anilines is 1. The van der Waals surface area contributed by atoms with Crippen LogP contribution in [0.3, 0.4) is 0 Å². The van der Waals surface area contributed by atoms with Gasteiger partial charge in [0.2, 0.25) is 5.91 Å². The molecule has 1 saturated carbocycles. The zero-order chi connectivity index (χ0) is 20.4. The van der Waals surface area contributed by atoms with Crippen LogP contribution in [0.2, 0.25) is 0 Å². The van der Waals surface area contributed by atoms with E-state index in [0.717, 1.165) is 31.2 Å². The molecule has 1 aromatic carbocycles. The summed E-state index contributed by atoms with van der Waals surface area (Å²) in [4.78, 5) is 26.6. The average molecular weight is 392 g/mol. The van der Waals surface area contributed by atoms with Crippen molar-refractivity contribution in [3.05, 3.63) is 29.8 Å². The lowest BCUT2D eigenvalue weighted by molar-refractivity contribution is -0.138. The number of urea groups is 1. The standard InChI is InChI=1S/C21H33N3O4/c1-4-27-12-13-28-15-17-8-7-9-18(14-17)23-20(26)22-16-21(10-5-6-11-21)19(25)24(2)3/h7-9,14H,4-6,10-13,15-16H2,1-3H3,(H2,22,23,26). The number of rotatable bonds is 10. The molecule has 1 aliphatic carbocycles. The molecule has 0 bridgehead atoms. The molecular weight excluding hydrogens is 358 g/mol. The Balaban J connectivity index is 1.84. The summed E-state index contributed by atoms with van der Waals surface area (Å²) in [6.45, 7) is 4.56. The first-order valence-electron chi connectivity index (χ1n) is 9.98. The van der Waals surface area contributed by atoms with Crippen LogP contribution in [0.25, 0.3) is 0 Å². The molecule has 0 aromatic heterocycles. The molecule has 1 aliphatic rings. The van der Waals surface area contributed by atoms with Crippen molar-refractivity contribution in [2.24, 2.45) is 5.41 Å². The minimum atomic E-state index is -0.475. The van der Waals surface area contributed by atoms with Crippen molar-refractivity contribution in [3.8, 4) is 0 Å². The van der Waals surface area contributed by atoms with E-state index in [9.17, 15) is 9.59 Å². The zero-order valence-electron chi connectivity index (χ0n) is 17.3. The second kappa shape index (κ2) is 11.0. The third-order valence-corrected chi connectivity index (χ3v) is 5.04. The normalized spacial score (nSPS) is 15.2. The fraction of sp³-hybridized carbons (Fsp3) is 0.619. The fourth-order valence-electron chi connectivity index (χ4n) is 3.61. The molecule has 0 atom stereocenters. The highest BCUT2D eigenvalue weighted by Crippen LogP contribution is 2.38. The van der Waals surface area contributed by atoms with E-state index in [1.807, 2.05) is 31.2 Å².